The molecule has 0 spiro atoms. The van der Waals surface area contributed by atoms with Gasteiger partial charge in [0.05, 0.1) is 4.24 Å². The van der Waals surface area contributed by atoms with Gasteiger partial charge in [-0.3, -0.25) is 9.89 Å². The maximum Gasteiger partial charge on any atom is 0.179 e. The SMILES string of the molecule is Cc1nnc(SC(SCc2ccn[nH]2)=C2C(=O)CC(C)(C)CC2C)s1. The first-order valence-electron chi connectivity index (χ1n) is 8.20. The van der Waals surface area contributed by atoms with Gasteiger partial charge in [0.2, 0.25) is 0 Å². The molecule has 0 saturated heterocycles. The van der Waals surface area contributed by atoms with Gasteiger partial charge in [0.15, 0.2) is 10.1 Å². The summed E-state index contributed by atoms with van der Waals surface area (Å²) in [4.78, 5) is 12.9. The lowest BCUT2D eigenvalue weighted by atomic mass is 9.70. The molecular formula is C17H22N4OS3. The Kier molecular flexibility index (Phi) is 5.70. The molecule has 1 fully saturated rings. The van der Waals surface area contributed by atoms with Crippen LogP contribution in [0.3, 0.4) is 0 Å². The van der Waals surface area contributed by atoms with Crippen molar-refractivity contribution in [1.82, 2.24) is 20.4 Å². The number of carbonyl (C=O) groups is 1. The number of thioether (sulfide) groups is 2. The Morgan fingerprint density at radius 2 is 2.24 bits per heavy atom. The molecule has 0 aromatic carbocycles. The number of hydrogen-bond donors (Lipinski definition) is 1. The lowest BCUT2D eigenvalue weighted by Gasteiger charge is -2.35. The van der Waals surface area contributed by atoms with E-state index in [4.69, 9.17) is 0 Å². The monoisotopic (exact) mass is 394 g/mol. The second-order valence-corrected chi connectivity index (χ2v) is 10.8. The molecule has 1 atom stereocenters. The van der Waals surface area contributed by atoms with Crippen LogP contribution in [0.25, 0.3) is 0 Å². The van der Waals surface area contributed by atoms with Gasteiger partial charge in [0, 0.05) is 29.6 Å². The van der Waals surface area contributed by atoms with Crippen molar-refractivity contribution in [1.29, 1.82) is 0 Å². The smallest absolute Gasteiger partial charge is 0.179 e. The van der Waals surface area contributed by atoms with E-state index in [2.05, 4.69) is 41.2 Å². The van der Waals surface area contributed by atoms with Crippen molar-refractivity contribution in [2.45, 2.75) is 50.6 Å². The molecule has 2 aromatic rings. The molecule has 25 heavy (non-hydrogen) atoms. The van der Waals surface area contributed by atoms with Crippen LogP contribution in [0, 0.1) is 18.3 Å². The third-order valence-electron chi connectivity index (χ3n) is 4.12. The van der Waals surface area contributed by atoms with E-state index in [1.54, 1.807) is 41.1 Å². The van der Waals surface area contributed by atoms with Crippen LogP contribution in [0.5, 0.6) is 0 Å². The second kappa shape index (κ2) is 7.63. The summed E-state index contributed by atoms with van der Waals surface area (Å²) in [7, 11) is 0. The average Bonchev–Trinajstić information content (AvgIpc) is 3.14. The number of carbonyl (C=O) groups excluding carboxylic acids is 1. The van der Waals surface area contributed by atoms with E-state index >= 15 is 0 Å². The molecule has 2 aromatic heterocycles. The molecule has 5 nitrogen and oxygen atoms in total. The number of H-pyrrole nitrogens is 1. The van der Waals surface area contributed by atoms with Gasteiger partial charge >= 0.3 is 0 Å². The van der Waals surface area contributed by atoms with Crippen molar-refractivity contribution in [3.8, 4) is 0 Å². The van der Waals surface area contributed by atoms with Crippen molar-refractivity contribution < 1.29 is 4.79 Å². The third kappa shape index (κ3) is 4.74. The maximum atomic E-state index is 12.9. The van der Waals surface area contributed by atoms with Crippen molar-refractivity contribution in [3.63, 3.8) is 0 Å². The number of allylic oxidation sites excluding steroid dienone is 1. The Morgan fingerprint density at radius 1 is 1.44 bits per heavy atom. The Bertz CT molecular complexity index is 780. The number of ketones is 1. The van der Waals surface area contributed by atoms with Gasteiger partial charge in [-0.2, -0.15) is 5.10 Å². The fourth-order valence-corrected chi connectivity index (χ4v) is 6.78. The quantitative estimate of drug-likeness (QED) is 0.578. The van der Waals surface area contributed by atoms with Gasteiger partial charge < -0.3 is 0 Å². The lowest BCUT2D eigenvalue weighted by molar-refractivity contribution is -0.119. The van der Waals surface area contributed by atoms with Crippen molar-refractivity contribution >= 4 is 40.6 Å². The number of nitrogens with zero attached hydrogens (tertiary/aromatic N) is 3. The fraction of sp³-hybridized carbons (Fsp3) is 0.529. The molecule has 2 heterocycles. The van der Waals surface area contributed by atoms with Gasteiger partial charge in [0.1, 0.15) is 5.01 Å². The zero-order chi connectivity index (χ0) is 18.0. The van der Waals surface area contributed by atoms with Crippen LogP contribution in [0.2, 0.25) is 0 Å². The van der Waals surface area contributed by atoms with Crippen LogP contribution in [0.4, 0.5) is 0 Å². The Hall–Kier alpha value is -1.12. The minimum atomic E-state index is 0.0726. The van der Waals surface area contributed by atoms with E-state index in [1.807, 2.05) is 13.0 Å². The van der Waals surface area contributed by atoms with Gasteiger partial charge in [0.25, 0.3) is 0 Å². The van der Waals surface area contributed by atoms with Gasteiger partial charge in [-0.25, -0.2) is 0 Å². The molecular weight excluding hydrogens is 372 g/mol. The highest BCUT2D eigenvalue weighted by atomic mass is 32.2. The number of rotatable bonds is 5. The first kappa shape index (κ1) is 18.7. The van der Waals surface area contributed by atoms with Crippen LogP contribution >= 0.6 is 34.9 Å². The molecule has 1 saturated carbocycles. The zero-order valence-electron chi connectivity index (χ0n) is 14.8. The molecule has 0 amide bonds. The average molecular weight is 395 g/mol. The van der Waals surface area contributed by atoms with E-state index in [0.717, 1.165) is 37.0 Å². The van der Waals surface area contributed by atoms with Crippen molar-refractivity contribution in [3.05, 3.63) is 32.8 Å². The number of aryl methyl sites for hydroxylation is 1. The molecule has 1 aliphatic rings. The van der Waals surface area contributed by atoms with Gasteiger partial charge in [-0.15, -0.1) is 22.0 Å². The highest BCUT2D eigenvalue weighted by Gasteiger charge is 2.36. The van der Waals surface area contributed by atoms with E-state index in [0.29, 0.717) is 6.42 Å². The van der Waals surface area contributed by atoms with E-state index in [1.165, 1.54) is 0 Å². The van der Waals surface area contributed by atoms with Crippen LogP contribution in [-0.2, 0) is 10.5 Å². The zero-order valence-corrected chi connectivity index (χ0v) is 17.3. The highest BCUT2D eigenvalue weighted by Crippen LogP contribution is 2.47. The maximum absolute atomic E-state index is 12.9. The summed E-state index contributed by atoms with van der Waals surface area (Å²) in [6, 6.07) is 1.96. The number of hydrogen-bond acceptors (Lipinski definition) is 7. The van der Waals surface area contributed by atoms with Crippen LogP contribution < -0.4 is 0 Å². The molecule has 0 radical (unpaired) electrons. The number of Topliss-reactive ketones (excluding diaryl/α,β-unsaturated/α-hetero) is 1. The largest absolute Gasteiger partial charge is 0.294 e. The summed E-state index contributed by atoms with van der Waals surface area (Å²) in [5.74, 6) is 1.28. The summed E-state index contributed by atoms with van der Waals surface area (Å²) in [6.07, 6.45) is 3.38. The first-order chi connectivity index (χ1) is 11.8. The molecule has 3 rings (SSSR count). The molecule has 0 bridgehead atoms. The highest BCUT2D eigenvalue weighted by molar-refractivity contribution is 8.22. The van der Waals surface area contributed by atoms with Crippen LogP contribution in [0.1, 0.15) is 44.3 Å². The molecule has 8 heteroatoms. The van der Waals surface area contributed by atoms with Crippen LogP contribution in [0.15, 0.2) is 26.4 Å². The number of aromatic nitrogens is 4. The first-order valence-corrected chi connectivity index (χ1v) is 10.8. The predicted octanol–water partition coefficient (Wildman–Crippen LogP) is 4.83. The normalized spacial score (nSPS) is 22.2. The topological polar surface area (TPSA) is 71.5 Å². The Morgan fingerprint density at radius 3 is 2.84 bits per heavy atom. The van der Waals surface area contributed by atoms with Gasteiger partial charge in [-0.1, -0.05) is 32.1 Å². The Labute approximate surface area is 160 Å². The summed E-state index contributed by atoms with van der Waals surface area (Å²) < 4.78 is 1.95. The summed E-state index contributed by atoms with van der Waals surface area (Å²) >= 11 is 4.83. The predicted molar refractivity (Wildman–Crippen MR) is 105 cm³/mol. The van der Waals surface area contributed by atoms with E-state index < -0.39 is 0 Å². The number of nitrogens with one attached hydrogen (secondary N) is 1. The summed E-state index contributed by atoms with van der Waals surface area (Å²) in [5, 5.41) is 16.3. The molecule has 0 aliphatic heterocycles. The third-order valence-corrected chi connectivity index (χ3v) is 7.45. The van der Waals surface area contributed by atoms with E-state index in [9.17, 15) is 4.79 Å². The van der Waals surface area contributed by atoms with Crippen molar-refractivity contribution in [2.24, 2.45) is 11.3 Å². The lowest BCUT2D eigenvalue weighted by Crippen LogP contribution is -2.30. The standard InChI is InChI=1S/C17H22N4OS3/c1-10-7-17(3,4)8-13(22)14(10)15(23-9-12-5-6-18-20-12)25-16-21-19-11(2)24-16/h5-6,10H,7-9H2,1-4H3,(H,18,20). The van der Waals surface area contributed by atoms with Crippen LogP contribution in [-0.4, -0.2) is 26.2 Å². The fourth-order valence-electron chi connectivity index (χ4n) is 3.19. The minimum Gasteiger partial charge on any atom is -0.294 e. The summed E-state index contributed by atoms with van der Waals surface area (Å²) in [5.41, 5.74) is 2.08. The summed E-state index contributed by atoms with van der Waals surface area (Å²) in [6.45, 7) is 8.47. The van der Waals surface area contributed by atoms with Gasteiger partial charge in [-0.05, 0) is 42.5 Å². The molecule has 1 aliphatic carbocycles. The molecule has 134 valence electrons. The minimum absolute atomic E-state index is 0.0726. The molecule has 1 N–H and O–H groups in total. The second-order valence-electron chi connectivity index (χ2n) is 7.13. The number of aromatic amines is 1. The Balaban J connectivity index is 1.89. The van der Waals surface area contributed by atoms with E-state index in [-0.39, 0.29) is 17.1 Å². The molecule has 1 unspecified atom stereocenters. The van der Waals surface area contributed by atoms with Crippen molar-refractivity contribution in [2.75, 3.05) is 0 Å².